The maximum atomic E-state index is 13.1. The van der Waals surface area contributed by atoms with Gasteiger partial charge in [-0.3, -0.25) is 0 Å². The second-order valence-electron chi connectivity index (χ2n) is 4.06. The summed E-state index contributed by atoms with van der Waals surface area (Å²) >= 11 is 0. The van der Waals surface area contributed by atoms with Crippen LogP contribution in [0.15, 0.2) is 24.4 Å². The minimum Gasteiger partial charge on any atom is -0.383 e. The predicted molar refractivity (Wildman–Crippen MR) is 67.5 cm³/mol. The van der Waals surface area contributed by atoms with Gasteiger partial charge in [-0.15, -0.1) is 0 Å². The highest BCUT2D eigenvalue weighted by atomic mass is 19.2. The molecule has 0 bridgehead atoms. The molecule has 2 N–H and O–H groups in total. The van der Waals surface area contributed by atoms with Gasteiger partial charge in [-0.25, -0.2) is 13.8 Å². The third kappa shape index (κ3) is 3.59. The fourth-order valence-corrected chi connectivity index (χ4v) is 1.64. The van der Waals surface area contributed by atoms with Gasteiger partial charge in [0.1, 0.15) is 5.82 Å². The van der Waals surface area contributed by atoms with Gasteiger partial charge in [0, 0.05) is 37.7 Å². The van der Waals surface area contributed by atoms with Gasteiger partial charge in [0.05, 0.1) is 6.61 Å². The second-order valence-corrected chi connectivity index (χ2v) is 4.06. The first-order valence-electron chi connectivity index (χ1n) is 5.89. The topological polar surface area (TPSA) is 49.9 Å². The van der Waals surface area contributed by atoms with Crippen molar-refractivity contribution in [1.29, 1.82) is 0 Å². The Labute approximate surface area is 109 Å². The van der Waals surface area contributed by atoms with E-state index in [1.54, 1.807) is 13.3 Å². The number of imidazole rings is 1. The minimum absolute atomic E-state index is 0.516. The predicted octanol–water partition coefficient (Wildman–Crippen LogP) is 2.09. The van der Waals surface area contributed by atoms with Gasteiger partial charge < -0.3 is 15.0 Å². The Bertz CT molecular complexity index is 542. The van der Waals surface area contributed by atoms with Gasteiger partial charge >= 0.3 is 0 Å². The number of aromatic nitrogens is 2. The molecule has 0 aliphatic carbocycles. The zero-order chi connectivity index (χ0) is 13.7. The van der Waals surface area contributed by atoms with E-state index < -0.39 is 11.6 Å². The largest absolute Gasteiger partial charge is 0.383 e. The highest BCUT2D eigenvalue weighted by Crippen LogP contribution is 2.18. The van der Waals surface area contributed by atoms with Crippen molar-refractivity contribution in [1.82, 2.24) is 15.3 Å². The lowest BCUT2D eigenvalue weighted by Gasteiger charge is -2.01. The Morgan fingerprint density at radius 3 is 2.89 bits per heavy atom. The van der Waals surface area contributed by atoms with Crippen molar-refractivity contribution in [3.63, 3.8) is 0 Å². The fraction of sp³-hybridized carbons (Fsp3) is 0.308. The number of ether oxygens (including phenoxy) is 1. The summed E-state index contributed by atoms with van der Waals surface area (Å²) in [6, 6.07) is 3.69. The van der Waals surface area contributed by atoms with E-state index in [9.17, 15) is 8.78 Å². The summed E-state index contributed by atoms with van der Waals surface area (Å²) in [5.41, 5.74) is 1.39. The third-order valence-electron chi connectivity index (χ3n) is 2.62. The molecule has 2 rings (SSSR count). The fourth-order valence-electron chi connectivity index (χ4n) is 1.64. The summed E-state index contributed by atoms with van der Waals surface area (Å²) < 4.78 is 30.9. The molecule has 4 nitrogen and oxygen atoms in total. The van der Waals surface area contributed by atoms with Crippen LogP contribution in [-0.4, -0.2) is 30.2 Å². The molecule has 0 radical (unpaired) electrons. The molecule has 0 amide bonds. The van der Waals surface area contributed by atoms with E-state index in [0.717, 1.165) is 24.4 Å². The highest BCUT2D eigenvalue weighted by molar-refractivity contribution is 5.55. The first kappa shape index (κ1) is 13.6. The number of nitrogens with zero attached hydrogens (tertiary/aromatic N) is 1. The monoisotopic (exact) mass is 267 g/mol. The van der Waals surface area contributed by atoms with Crippen LogP contribution in [0.5, 0.6) is 0 Å². The summed E-state index contributed by atoms with van der Waals surface area (Å²) in [4.78, 5) is 7.19. The number of hydrogen-bond donors (Lipinski definition) is 2. The molecule has 0 saturated heterocycles. The van der Waals surface area contributed by atoms with Gasteiger partial charge in [0.2, 0.25) is 0 Å². The summed E-state index contributed by atoms with van der Waals surface area (Å²) in [6.45, 7) is 1.97. The van der Waals surface area contributed by atoms with Crippen LogP contribution in [0.2, 0.25) is 0 Å². The van der Waals surface area contributed by atoms with Crippen molar-refractivity contribution in [3.8, 4) is 11.4 Å². The van der Waals surface area contributed by atoms with Crippen molar-refractivity contribution in [2.24, 2.45) is 0 Å². The van der Waals surface area contributed by atoms with Crippen LogP contribution >= 0.6 is 0 Å². The van der Waals surface area contributed by atoms with Crippen LogP contribution in [0.25, 0.3) is 11.4 Å². The van der Waals surface area contributed by atoms with E-state index in [1.807, 2.05) is 0 Å². The number of halogens is 2. The minimum atomic E-state index is -0.881. The van der Waals surface area contributed by atoms with Gasteiger partial charge in [0.15, 0.2) is 11.6 Å². The van der Waals surface area contributed by atoms with Gasteiger partial charge in [-0.1, -0.05) is 0 Å². The molecule has 1 heterocycles. The highest BCUT2D eigenvalue weighted by Gasteiger charge is 2.07. The van der Waals surface area contributed by atoms with Crippen LogP contribution < -0.4 is 5.32 Å². The summed E-state index contributed by atoms with van der Waals surface area (Å²) in [6.07, 6.45) is 1.66. The SMILES string of the molecule is COCCNCc1cnc(-c2ccc(F)c(F)c2)[nH]1. The van der Waals surface area contributed by atoms with E-state index in [2.05, 4.69) is 15.3 Å². The van der Waals surface area contributed by atoms with E-state index in [4.69, 9.17) is 4.74 Å². The molecular weight excluding hydrogens is 252 g/mol. The normalized spacial score (nSPS) is 10.9. The van der Waals surface area contributed by atoms with Crippen LogP contribution in [0.3, 0.4) is 0 Å². The van der Waals surface area contributed by atoms with Crippen molar-refractivity contribution >= 4 is 0 Å². The van der Waals surface area contributed by atoms with Crippen molar-refractivity contribution < 1.29 is 13.5 Å². The number of benzene rings is 1. The maximum absolute atomic E-state index is 13.1. The van der Waals surface area contributed by atoms with Crippen molar-refractivity contribution in [2.45, 2.75) is 6.54 Å². The molecule has 0 aliphatic heterocycles. The van der Waals surface area contributed by atoms with Gasteiger partial charge in [-0.05, 0) is 18.2 Å². The Hall–Kier alpha value is -1.79. The molecule has 19 heavy (non-hydrogen) atoms. The average molecular weight is 267 g/mol. The Morgan fingerprint density at radius 1 is 1.32 bits per heavy atom. The second kappa shape index (κ2) is 6.40. The lowest BCUT2D eigenvalue weighted by molar-refractivity contribution is 0.199. The molecule has 6 heteroatoms. The summed E-state index contributed by atoms with van der Waals surface area (Å²) in [7, 11) is 1.64. The van der Waals surface area contributed by atoms with Crippen molar-refractivity contribution in [3.05, 3.63) is 41.7 Å². The molecule has 1 aromatic heterocycles. The zero-order valence-corrected chi connectivity index (χ0v) is 10.5. The van der Waals surface area contributed by atoms with E-state index in [0.29, 0.717) is 24.5 Å². The van der Waals surface area contributed by atoms with Crippen LogP contribution in [0, 0.1) is 11.6 Å². The maximum Gasteiger partial charge on any atom is 0.159 e. The van der Waals surface area contributed by atoms with Crippen LogP contribution in [-0.2, 0) is 11.3 Å². The smallest absolute Gasteiger partial charge is 0.159 e. The standard InChI is InChI=1S/C13H15F2N3O/c1-19-5-4-16-7-10-8-17-13(18-10)9-2-3-11(14)12(15)6-9/h2-3,6,8,16H,4-5,7H2,1H3,(H,17,18). The number of H-pyrrole nitrogens is 1. The number of methoxy groups -OCH3 is 1. The average Bonchev–Trinajstić information content (AvgIpc) is 2.87. The lowest BCUT2D eigenvalue weighted by atomic mass is 10.2. The van der Waals surface area contributed by atoms with E-state index >= 15 is 0 Å². The molecule has 0 spiro atoms. The molecule has 102 valence electrons. The van der Waals surface area contributed by atoms with E-state index in [-0.39, 0.29) is 0 Å². The first-order chi connectivity index (χ1) is 9.20. The van der Waals surface area contributed by atoms with Crippen molar-refractivity contribution in [2.75, 3.05) is 20.3 Å². The molecular formula is C13H15F2N3O. The quantitative estimate of drug-likeness (QED) is 0.788. The zero-order valence-electron chi connectivity index (χ0n) is 10.5. The Morgan fingerprint density at radius 2 is 2.16 bits per heavy atom. The van der Waals surface area contributed by atoms with Gasteiger partial charge in [-0.2, -0.15) is 0 Å². The molecule has 0 fully saturated rings. The lowest BCUT2D eigenvalue weighted by Crippen LogP contribution is -2.18. The molecule has 0 atom stereocenters. The van der Waals surface area contributed by atoms with Crippen LogP contribution in [0.1, 0.15) is 5.69 Å². The number of rotatable bonds is 6. The van der Waals surface area contributed by atoms with Gasteiger partial charge in [0.25, 0.3) is 0 Å². The molecule has 0 aliphatic rings. The number of hydrogen-bond acceptors (Lipinski definition) is 3. The molecule has 1 aromatic carbocycles. The summed E-state index contributed by atoms with van der Waals surface area (Å²) in [5, 5.41) is 3.16. The Kier molecular flexibility index (Phi) is 4.59. The third-order valence-corrected chi connectivity index (χ3v) is 2.62. The number of nitrogens with one attached hydrogen (secondary N) is 2. The first-order valence-corrected chi connectivity index (χ1v) is 5.89. The molecule has 0 saturated carbocycles. The number of aromatic amines is 1. The van der Waals surface area contributed by atoms with E-state index in [1.165, 1.54) is 6.07 Å². The molecule has 2 aromatic rings. The molecule has 0 unspecified atom stereocenters. The van der Waals surface area contributed by atoms with Crippen LogP contribution in [0.4, 0.5) is 8.78 Å². The summed E-state index contributed by atoms with van der Waals surface area (Å²) in [5.74, 6) is -1.23. The Balaban J connectivity index is 2.01.